The second-order valence-electron chi connectivity index (χ2n) is 10.3. The zero-order valence-electron chi connectivity index (χ0n) is 21.3. The molecule has 1 fully saturated rings. The monoisotopic (exact) mass is 619 g/mol. The molecule has 4 rings (SSSR count). The molecule has 0 spiro atoms. The Morgan fingerprint density at radius 1 is 1.00 bits per heavy atom. The van der Waals surface area contributed by atoms with Gasteiger partial charge in [0.25, 0.3) is 5.95 Å². The predicted octanol–water partition coefficient (Wildman–Crippen LogP) is 6.37. The zero-order chi connectivity index (χ0) is 28.6. The standard InChI is InChI=1S/C25H28BrF6N7/c1-23(33,11-15-5-3-4-6-15)21-17(9-20(26)12-34-21)14-39(22-35-37-38(2)36-22)13-16-7-18(24(27,28)29)10-19(8-16)25(30,31)32/h7-10,12,15H,3-6,11,13-14,33H2,1-2H3. The number of hydrogen-bond donors (Lipinski definition) is 1. The van der Waals surface area contributed by atoms with Gasteiger partial charge < -0.3 is 10.6 Å². The lowest BCUT2D eigenvalue weighted by Crippen LogP contribution is -2.38. The fraction of sp³-hybridized carbons (Fsp3) is 0.520. The van der Waals surface area contributed by atoms with Crippen LogP contribution in [0.5, 0.6) is 0 Å². The van der Waals surface area contributed by atoms with Crippen molar-refractivity contribution in [2.75, 3.05) is 4.90 Å². The number of pyridine rings is 1. The fourth-order valence-corrected chi connectivity index (χ4v) is 5.54. The summed E-state index contributed by atoms with van der Waals surface area (Å²) in [6.07, 6.45) is -3.18. The minimum absolute atomic E-state index is 0.0164. The Hall–Kier alpha value is -2.74. The number of hydrogen-bond acceptors (Lipinski definition) is 6. The minimum Gasteiger partial charge on any atom is -0.329 e. The first-order valence-electron chi connectivity index (χ1n) is 12.3. The molecular formula is C25H28BrF6N7. The summed E-state index contributed by atoms with van der Waals surface area (Å²) in [5.74, 6) is 0.478. The number of alkyl halides is 6. The molecule has 2 N–H and O–H groups in total. The van der Waals surface area contributed by atoms with Crippen LogP contribution in [0.2, 0.25) is 0 Å². The van der Waals surface area contributed by atoms with Gasteiger partial charge in [-0.2, -0.15) is 31.1 Å². The molecule has 1 aliphatic carbocycles. The van der Waals surface area contributed by atoms with E-state index in [-0.39, 0.29) is 30.7 Å². The van der Waals surface area contributed by atoms with Crippen LogP contribution in [-0.4, -0.2) is 25.2 Å². The van der Waals surface area contributed by atoms with Crippen LogP contribution in [0.4, 0.5) is 32.3 Å². The largest absolute Gasteiger partial charge is 0.416 e. The summed E-state index contributed by atoms with van der Waals surface area (Å²) in [7, 11) is 1.51. The molecule has 0 bridgehead atoms. The number of aromatic nitrogens is 5. The summed E-state index contributed by atoms with van der Waals surface area (Å²) < 4.78 is 81.6. The molecule has 1 atom stereocenters. The smallest absolute Gasteiger partial charge is 0.329 e. The van der Waals surface area contributed by atoms with Gasteiger partial charge in [0.1, 0.15) is 0 Å². The van der Waals surface area contributed by atoms with Gasteiger partial charge in [0.15, 0.2) is 0 Å². The predicted molar refractivity (Wildman–Crippen MR) is 135 cm³/mol. The van der Waals surface area contributed by atoms with Crippen LogP contribution in [-0.2, 0) is 38.0 Å². The van der Waals surface area contributed by atoms with Crippen molar-refractivity contribution in [3.8, 4) is 0 Å². The first kappa shape index (κ1) is 29.2. The molecular weight excluding hydrogens is 592 g/mol. The van der Waals surface area contributed by atoms with Crippen LogP contribution >= 0.6 is 15.9 Å². The third-order valence-corrected chi connectivity index (χ3v) is 7.26. The Morgan fingerprint density at radius 3 is 2.15 bits per heavy atom. The maximum absolute atomic E-state index is 13.5. The summed E-state index contributed by atoms with van der Waals surface area (Å²) in [6.45, 7) is 1.55. The van der Waals surface area contributed by atoms with Crippen molar-refractivity contribution in [2.24, 2.45) is 18.7 Å². The molecule has 14 heteroatoms. The maximum Gasteiger partial charge on any atom is 0.416 e. The number of nitrogens with two attached hydrogens (primary N) is 1. The van der Waals surface area contributed by atoms with Gasteiger partial charge in [-0.1, -0.05) is 30.8 Å². The van der Waals surface area contributed by atoms with E-state index in [1.807, 2.05) is 6.92 Å². The third-order valence-electron chi connectivity index (χ3n) is 6.82. The highest BCUT2D eigenvalue weighted by Crippen LogP contribution is 2.38. The fourth-order valence-electron chi connectivity index (χ4n) is 5.16. The van der Waals surface area contributed by atoms with Gasteiger partial charge in [-0.05, 0) is 75.8 Å². The van der Waals surface area contributed by atoms with E-state index in [1.165, 1.54) is 11.9 Å². The Bertz CT molecular complexity index is 1270. The van der Waals surface area contributed by atoms with E-state index < -0.39 is 29.0 Å². The molecule has 1 saturated carbocycles. The maximum atomic E-state index is 13.5. The van der Waals surface area contributed by atoms with Gasteiger partial charge in [0, 0.05) is 23.8 Å². The van der Waals surface area contributed by atoms with Crippen LogP contribution in [0, 0.1) is 5.92 Å². The zero-order valence-corrected chi connectivity index (χ0v) is 22.9. The Kier molecular flexibility index (Phi) is 8.27. The van der Waals surface area contributed by atoms with E-state index in [0.29, 0.717) is 40.2 Å². The lowest BCUT2D eigenvalue weighted by molar-refractivity contribution is -0.143. The van der Waals surface area contributed by atoms with Gasteiger partial charge in [-0.25, -0.2) is 0 Å². The SMILES string of the molecule is Cn1nnc(N(Cc2cc(C(F)(F)F)cc(C(F)(F)F)c2)Cc2cc(Br)cnc2C(C)(N)CC2CCCC2)n1. The molecule has 0 aliphatic heterocycles. The summed E-state index contributed by atoms with van der Waals surface area (Å²) in [6, 6.07) is 3.30. The van der Waals surface area contributed by atoms with Crippen molar-refractivity contribution in [2.45, 2.75) is 70.0 Å². The number of aryl methyl sites for hydroxylation is 1. The summed E-state index contributed by atoms with van der Waals surface area (Å²) in [5, 5.41) is 11.9. The van der Waals surface area contributed by atoms with Crippen molar-refractivity contribution in [1.82, 2.24) is 25.2 Å². The molecule has 3 aromatic rings. The molecule has 0 radical (unpaired) electrons. The summed E-state index contributed by atoms with van der Waals surface area (Å²) in [5.41, 5.74) is 4.20. The summed E-state index contributed by atoms with van der Waals surface area (Å²) in [4.78, 5) is 7.20. The highest BCUT2D eigenvalue weighted by Gasteiger charge is 2.37. The van der Waals surface area contributed by atoms with Crippen molar-refractivity contribution < 1.29 is 26.3 Å². The Morgan fingerprint density at radius 2 is 1.62 bits per heavy atom. The lowest BCUT2D eigenvalue weighted by atomic mass is 9.84. The van der Waals surface area contributed by atoms with E-state index in [9.17, 15) is 26.3 Å². The van der Waals surface area contributed by atoms with Gasteiger partial charge in [0.2, 0.25) is 0 Å². The first-order chi connectivity index (χ1) is 18.1. The van der Waals surface area contributed by atoms with Gasteiger partial charge in [-0.15, -0.1) is 5.10 Å². The molecule has 1 aliphatic rings. The van der Waals surface area contributed by atoms with Crippen molar-refractivity contribution in [1.29, 1.82) is 0 Å². The van der Waals surface area contributed by atoms with Crippen molar-refractivity contribution in [3.05, 3.63) is 62.9 Å². The molecule has 2 aromatic heterocycles. The number of tetrazole rings is 1. The normalized spacial score (nSPS) is 16.5. The highest BCUT2D eigenvalue weighted by molar-refractivity contribution is 9.10. The van der Waals surface area contributed by atoms with E-state index >= 15 is 0 Å². The minimum atomic E-state index is -4.96. The van der Waals surface area contributed by atoms with Crippen LogP contribution in [0.25, 0.3) is 0 Å². The van der Waals surface area contributed by atoms with Gasteiger partial charge in [-0.3, -0.25) is 4.98 Å². The molecule has 0 amide bonds. The molecule has 7 nitrogen and oxygen atoms in total. The Labute approximate surface area is 229 Å². The van der Waals surface area contributed by atoms with E-state index in [1.54, 1.807) is 12.3 Å². The topological polar surface area (TPSA) is 85.8 Å². The molecule has 2 heterocycles. The summed E-state index contributed by atoms with van der Waals surface area (Å²) >= 11 is 3.41. The molecule has 0 saturated heterocycles. The third kappa shape index (κ3) is 7.27. The van der Waals surface area contributed by atoms with E-state index in [4.69, 9.17) is 5.73 Å². The first-order valence-corrected chi connectivity index (χ1v) is 13.1. The number of benzene rings is 1. The Balaban J connectivity index is 1.74. The van der Waals surface area contributed by atoms with Crippen LogP contribution in [0.15, 0.2) is 34.9 Å². The van der Waals surface area contributed by atoms with E-state index in [0.717, 1.165) is 30.5 Å². The van der Waals surface area contributed by atoms with Gasteiger partial charge in [0.05, 0.1) is 29.4 Å². The van der Waals surface area contributed by atoms with Gasteiger partial charge >= 0.3 is 12.4 Å². The lowest BCUT2D eigenvalue weighted by Gasteiger charge is -2.31. The number of halogens is 7. The molecule has 212 valence electrons. The quantitative estimate of drug-likeness (QED) is 0.295. The highest BCUT2D eigenvalue weighted by atomic mass is 79.9. The number of nitrogens with zero attached hydrogens (tertiary/aromatic N) is 6. The van der Waals surface area contributed by atoms with Crippen molar-refractivity contribution >= 4 is 21.9 Å². The van der Waals surface area contributed by atoms with Crippen LogP contribution in [0.3, 0.4) is 0 Å². The van der Waals surface area contributed by atoms with Crippen LogP contribution in [0.1, 0.15) is 67.0 Å². The van der Waals surface area contributed by atoms with E-state index in [2.05, 4.69) is 36.3 Å². The average Bonchev–Trinajstić information content (AvgIpc) is 3.48. The average molecular weight is 620 g/mol. The second-order valence-corrected chi connectivity index (χ2v) is 11.2. The molecule has 39 heavy (non-hydrogen) atoms. The van der Waals surface area contributed by atoms with Crippen molar-refractivity contribution in [3.63, 3.8) is 0 Å². The second kappa shape index (κ2) is 11.0. The number of anilines is 1. The van der Waals surface area contributed by atoms with Crippen LogP contribution < -0.4 is 10.6 Å². The number of rotatable bonds is 8. The molecule has 1 aromatic carbocycles. The molecule has 1 unspecified atom stereocenters.